The lowest BCUT2D eigenvalue weighted by atomic mass is 10.2. The molecule has 1 fully saturated rings. The fraction of sp³-hybridized carbons (Fsp3) is 0.409. The highest BCUT2D eigenvalue weighted by Gasteiger charge is 2.29. The number of rotatable bonds is 11. The number of nitrogens with two attached hydrogens (primary N) is 1. The molecule has 0 saturated carbocycles. The molecule has 2 amide bonds. The zero-order chi connectivity index (χ0) is 21.2. The maximum atomic E-state index is 12.6. The molecule has 1 aromatic carbocycles. The number of urea groups is 1. The van der Waals surface area contributed by atoms with Gasteiger partial charge in [0.25, 0.3) is 0 Å². The third-order valence-electron chi connectivity index (χ3n) is 4.80. The zero-order valence-electron chi connectivity index (χ0n) is 17.4. The summed E-state index contributed by atoms with van der Waals surface area (Å²) in [7, 11) is 0. The van der Waals surface area contributed by atoms with Crippen molar-refractivity contribution in [2.45, 2.75) is 26.2 Å². The van der Waals surface area contributed by atoms with Crippen LogP contribution in [0.1, 0.15) is 31.7 Å². The monoisotopic (exact) mass is 411 g/mol. The van der Waals surface area contributed by atoms with Crippen LogP contribution in [0.3, 0.4) is 0 Å². The lowest BCUT2D eigenvalue weighted by Gasteiger charge is -2.18. The molecule has 1 aliphatic rings. The van der Waals surface area contributed by atoms with Crippen molar-refractivity contribution in [1.82, 2.24) is 9.88 Å². The number of oxime groups is 1. The minimum Gasteiger partial charge on any atom is -0.494 e. The molecule has 0 atom stereocenters. The number of benzene rings is 1. The lowest BCUT2D eigenvalue weighted by Crippen LogP contribution is -2.32. The number of ether oxygens (including phenoxy) is 1. The molecule has 0 bridgehead atoms. The fourth-order valence-corrected chi connectivity index (χ4v) is 3.23. The van der Waals surface area contributed by atoms with E-state index in [0.717, 1.165) is 49.4 Å². The topological polar surface area (TPSA) is 93.3 Å². The van der Waals surface area contributed by atoms with Gasteiger partial charge in [-0.2, -0.15) is 0 Å². The number of unbranched alkanes of at least 4 members (excludes halogenated alkanes) is 2. The smallest absolute Gasteiger partial charge is 0.324 e. The first-order valence-corrected chi connectivity index (χ1v) is 10.3. The van der Waals surface area contributed by atoms with Crippen molar-refractivity contribution in [2.75, 3.05) is 43.5 Å². The molecular formula is C22H29N5O3. The van der Waals surface area contributed by atoms with Crippen LogP contribution in [-0.2, 0) is 4.84 Å². The highest BCUT2D eigenvalue weighted by atomic mass is 16.6. The maximum absolute atomic E-state index is 12.6. The number of nitrogen functional groups attached to an aromatic ring is 1. The minimum absolute atomic E-state index is 0.0322. The predicted molar refractivity (Wildman–Crippen MR) is 118 cm³/mol. The third kappa shape index (κ3) is 6.10. The van der Waals surface area contributed by atoms with Crippen molar-refractivity contribution in [1.29, 1.82) is 0 Å². The van der Waals surface area contributed by atoms with Crippen molar-refractivity contribution >= 4 is 23.8 Å². The molecule has 160 valence electrons. The summed E-state index contributed by atoms with van der Waals surface area (Å²) < 4.78 is 5.78. The summed E-state index contributed by atoms with van der Waals surface area (Å²) in [5, 5.41) is 3.84. The van der Waals surface area contributed by atoms with Gasteiger partial charge in [0.15, 0.2) is 0 Å². The van der Waals surface area contributed by atoms with E-state index in [9.17, 15) is 4.79 Å². The quantitative estimate of drug-likeness (QED) is 0.347. The van der Waals surface area contributed by atoms with E-state index in [2.05, 4.69) is 10.1 Å². The normalized spacial score (nSPS) is 14.0. The van der Waals surface area contributed by atoms with E-state index < -0.39 is 0 Å². The molecule has 0 aliphatic carbocycles. The average molecular weight is 412 g/mol. The van der Waals surface area contributed by atoms with E-state index in [4.69, 9.17) is 15.3 Å². The average Bonchev–Trinajstić information content (AvgIpc) is 3.12. The van der Waals surface area contributed by atoms with Crippen LogP contribution in [0.15, 0.2) is 47.8 Å². The SMILES string of the molecule is CCO/N=C/c1ccc(OCCCCCN2CCN(c3ccnc(N)c3)C2=O)cc1. The van der Waals surface area contributed by atoms with Crippen LogP contribution in [0.5, 0.6) is 5.75 Å². The summed E-state index contributed by atoms with van der Waals surface area (Å²) in [6, 6.07) is 11.3. The first-order valence-electron chi connectivity index (χ1n) is 10.3. The Kier molecular flexibility index (Phi) is 7.88. The van der Waals surface area contributed by atoms with Crippen LogP contribution < -0.4 is 15.4 Å². The van der Waals surface area contributed by atoms with Crippen molar-refractivity contribution in [3.8, 4) is 5.75 Å². The molecule has 1 aromatic heterocycles. The van der Waals surface area contributed by atoms with Gasteiger partial charge in [0.2, 0.25) is 0 Å². The molecule has 2 heterocycles. The third-order valence-corrected chi connectivity index (χ3v) is 4.80. The minimum atomic E-state index is 0.0322. The van der Waals surface area contributed by atoms with Gasteiger partial charge in [-0.3, -0.25) is 4.90 Å². The molecule has 0 unspecified atom stereocenters. The van der Waals surface area contributed by atoms with Crippen LogP contribution in [-0.4, -0.2) is 55.0 Å². The number of anilines is 2. The second-order valence-electron chi connectivity index (χ2n) is 6.99. The Morgan fingerprint density at radius 1 is 1.17 bits per heavy atom. The summed E-state index contributed by atoms with van der Waals surface area (Å²) in [5.74, 6) is 1.26. The Labute approximate surface area is 177 Å². The van der Waals surface area contributed by atoms with Crippen LogP contribution in [0.4, 0.5) is 16.3 Å². The van der Waals surface area contributed by atoms with Crippen molar-refractivity contribution < 1.29 is 14.4 Å². The number of nitrogens with zero attached hydrogens (tertiary/aromatic N) is 4. The number of aromatic nitrogens is 1. The molecule has 1 aliphatic heterocycles. The lowest BCUT2D eigenvalue weighted by molar-refractivity contribution is 0.160. The van der Waals surface area contributed by atoms with Crippen molar-refractivity contribution in [2.24, 2.45) is 5.16 Å². The Balaban J connectivity index is 1.31. The Morgan fingerprint density at radius 2 is 2.00 bits per heavy atom. The maximum Gasteiger partial charge on any atom is 0.324 e. The van der Waals surface area contributed by atoms with E-state index in [-0.39, 0.29) is 6.03 Å². The van der Waals surface area contributed by atoms with Gasteiger partial charge in [-0.15, -0.1) is 0 Å². The van der Waals surface area contributed by atoms with Gasteiger partial charge >= 0.3 is 6.03 Å². The van der Waals surface area contributed by atoms with Gasteiger partial charge in [0, 0.05) is 31.9 Å². The first-order chi connectivity index (χ1) is 14.7. The predicted octanol–water partition coefficient (Wildman–Crippen LogP) is 3.53. The molecule has 3 rings (SSSR count). The van der Waals surface area contributed by atoms with E-state index in [1.54, 1.807) is 23.4 Å². The summed E-state index contributed by atoms with van der Waals surface area (Å²) in [5.41, 5.74) is 7.49. The zero-order valence-corrected chi connectivity index (χ0v) is 17.4. The number of amides is 2. The highest BCUT2D eigenvalue weighted by Crippen LogP contribution is 2.21. The molecule has 0 radical (unpaired) electrons. The molecule has 30 heavy (non-hydrogen) atoms. The van der Waals surface area contributed by atoms with Crippen LogP contribution in [0, 0.1) is 0 Å². The molecular weight excluding hydrogens is 382 g/mol. The molecule has 0 spiro atoms. The molecule has 2 aromatic rings. The van der Waals surface area contributed by atoms with Gasteiger partial charge < -0.3 is 20.2 Å². The number of pyridine rings is 1. The van der Waals surface area contributed by atoms with Crippen LogP contribution in [0.2, 0.25) is 0 Å². The first kappa shape index (κ1) is 21.4. The van der Waals surface area contributed by atoms with Crippen LogP contribution in [0.25, 0.3) is 0 Å². The fourth-order valence-electron chi connectivity index (χ4n) is 3.23. The highest BCUT2D eigenvalue weighted by molar-refractivity contribution is 5.94. The molecule has 1 saturated heterocycles. The Morgan fingerprint density at radius 3 is 2.77 bits per heavy atom. The standard InChI is InChI=1S/C22H29N5O3/c1-2-30-25-17-18-6-8-20(9-7-18)29-15-5-3-4-12-26-13-14-27(22(26)28)19-10-11-24-21(23)16-19/h6-11,16-17H,2-5,12-15H2,1H3,(H2,23,24)/b25-17+. The van der Waals surface area contributed by atoms with E-state index in [0.29, 0.717) is 25.6 Å². The second-order valence-corrected chi connectivity index (χ2v) is 6.99. The van der Waals surface area contributed by atoms with Crippen molar-refractivity contribution in [3.63, 3.8) is 0 Å². The molecule has 8 nitrogen and oxygen atoms in total. The van der Waals surface area contributed by atoms with Gasteiger partial charge in [-0.05, 0) is 62.1 Å². The van der Waals surface area contributed by atoms with E-state index >= 15 is 0 Å². The summed E-state index contributed by atoms with van der Waals surface area (Å²) in [4.78, 5) is 25.2. The van der Waals surface area contributed by atoms with Gasteiger partial charge in [-0.25, -0.2) is 9.78 Å². The summed E-state index contributed by atoms with van der Waals surface area (Å²) >= 11 is 0. The van der Waals surface area contributed by atoms with Crippen molar-refractivity contribution in [3.05, 3.63) is 48.2 Å². The summed E-state index contributed by atoms with van der Waals surface area (Å²) in [6.45, 7) is 5.27. The number of carbonyl (C=O) groups is 1. The Hall–Kier alpha value is -3.29. The largest absolute Gasteiger partial charge is 0.494 e. The second kappa shape index (κ2) is 11.0. The van der Waals surface area contributed by atoms with Gasteiger partial charge in [0.05, 0.1) is 18.5 Å². The number of carbonyl (C=O) groups excluding carboxylic acids is 1. The molecule has 8 heteroatoms. The molecule has 2 N–H and O–H groups in total. The van der Waals surface area contributed by atoms with Crippen LogP contribution >= 0.6 is 0 Å². The van der Waals surface area contributed by atoms with E-state index in [1.165, 1.54) is 0 Å². The Bertz CT molecular complexity index is 841. The van der Waals surface area contributed by atoms with Gasteiger partial charge in [-0.1, -0.05) is 5.16 Å². The van der Waals surface area contributed by atoms with Gasteiger partial charge in [0.1, 0.15) is 18.2 Å². The number of hydrogen-bond acceptors (Lipinski definition) is 6. The summed E-state index contributed by atoms with van der Waals surface area (Å²) in [6.07, 6.45) is 6.21. The number of hydrogen-bond donors (Lipinski definition) is 1. The van der Waals surface area contributed by atoms with E-state index in [1.807, 2.05) is 42.2 Å².